The van der Waals surface area contributed by atoms with Crippen LogP contribution in [0.5, 0.6) is 0 Å². The summed E-state index contributed by atoms with van der Waals surface area (Å²) in [5.74, 6) is 0. The van der Waals surface area contributed by atoms with Crippen molar-refractivity contribution in [2.75, 3.05) is 0 Å². The van der Waals surface area contributed by atoms with Gasteiger partial charge < -0.3 is 5.32 Å². The van der Waals surface area contributed by atoms with Gasteiger partial charge in [-0.2, -0.15) is 0 Å². The number of rotatable bonds is 1. The van der Waals surface area contributed by atoms with Crippen LogP contribution in [-0.4, -0.2) is 11.9 Å². The van der Waals surface area contributed by atoms with E-state index in [1.165, 1.54) is 37.7 Å². The van der Waals surface area contributed by atoms with Crippen LogP contribution in [0.15, 0.2) is 35.3 Å². The molecule has 2 heteroatoms. The van der Waals surface area contributed by atoms with Crippen molar-refractivity contribution in [2.45, 2.75) is 43.7 Å². The van der Waals surface area contributed by atoms with Crippen LogP contribution in [-0.2, 0) is 0 Å². The van der Waals surface area contributed by atoms with Gasteiger partial charge in [0, 0.05) is 0 Å². The van der Waals surface area contributed by atoms with Crippen LogP contribution in [0.25, 0.3) is 0 Å². The van der Waals surface area contributed by atoms with Crippen molar-refractivity contribution in [3.05, 3.63) is 35.9 Å². The highest BCUT2D eigenvalue weighted by molar-refractivity contribution is 5.61. The second-order valence-corrected chi connectivity index (χ2v) is 4.95. The van der Waals surface area contributed by atoms with Crippen LogP contribution in [0.3, 0.4) is 0 Å². The highest BCUT2D eigenvalue weighted by Gasteiger charge is 2.42. The van der Waals surface area contributed by atoms with E-state index >= 15 is 0 Å². The van der Waals surface area contributed by atoms with E-state index in [-0.39, 0.29) is 5.54 Å². The molecule has 1 aromatic rings. The molecule has 1 aliphatic heterocycles. The zero-order valence-electron chi connectivity index (χ0n) is 9.52. The van der Waals surface area contributed by atoms with Crippen LogP contribution >= 0.6 is 0 Å². The Balaban J connectivity index is 1.91. The lowest BCUT2D eigenvalue weighted by atomic mass is 9.75. The van der Waals surface area contributed by atoms with Gasteiger partial charge in [-0.15, -0.1) is 0 Å². The highest BCUT2D eigenvalue weighted by atomic mass is 15.1. The molecule has 16 heavy (non-hydrogen) atoms. The fourth-order valence-electron chi connectivity index (χ4n) is 3.10. The quantitative estimate of drug-likeness (QED) is 0.763. The van der Waals surface area contributed by atoms with Crippen molar-refractivity contribution in [1.29, 1.82) is 0 Å². The summed E-state index contributed by atoms with van der Waals surface area (Å²) in [6, 6.07) is 11.0. The molecule has 0 aromatic heterocycles. The molecule has 1 fully saturated rings. The van der Waals surface area contributed by atoms with Crippen LogP contribution in [0, 0.1) is 0 Å². The van der Waals surface area contributed by atoms with E-state index in [1.54, 1.807) is 0 Å². The van der Waals surface area contributed by atoms with E-state index in [1.807, 2.05) is 6.34 Å². The van der Waals surface area contributed by atoms with Gasteiger partial charge in [-0.3, -0.25) is 4.99 Å². The first-order chi connectivity index (χ1) is 7.91. The Kier molecular flexibility index (Phi) is 2.43. The van der Waals surface area contributed by atoms with Gasteiger partial charge in [0.25, 0.3) is 0 Å². The summed E-state index contributed by atoms with van der Waals surface area (Å²) in [5.41, 5.74) is 1.57. The summed E-state index contributed by atoms with van der Waals surface area (Å²) in [4.78, 5) is 4.65. The number of benzene rings is 1. The Hall–Kier alpha value is -1.31. The minimum absolute atomic E-state index is 0.222. The molecule has 0 bridgehead atoms. The van der Waals surface area contributed by atoms with Gasteiger partial charge in [0.2, 0.25) is 0 Å². The van der Waals surface area contributed by atoms with E-state index in [2.05, 4.69) is 40.6 Å². The standard InChI is InChI=1S/C14H18N2/c1-3-7-12(8-4-1)13-14(16-11-15-13)9-5-2-6-10-14/h1,3-4,7-8,11,13H,2,5-6,9-10H2,(H,15,16). The maximum Gasteiger partial charge on any atom is 0.0996 e. The molecule has 1 spiro atoms. The molecule has 1 aromatic carbocycles. The predicted octanol–water partition coefficient (Wildman–Crippen LogP) is 3.06. The SMILES string of the molecule is C1=NC(c2ccccc2)C2(CCCCC2)N1. The average molecular weight is 214 g/mol. The van der Waals surface area contributed by atoms with Crippen LogP contribution < -0.4 is 5.32 Å². The molecular formula is C14H18N2. The maximum atomic E-state index is 4.65. The van der Waals surface area contributed by atoms with Crippen molar-refractivity contribution in [3.63, 3.8) is 0 Å². The van der Waals surface area contributed by atoms with Crippen molar-refractivity contribution in [2.24, 2.45) is 4.99 Å². The second kappa shape index (κ2) is 3.93. The molecule has 1 saturated carbocycles. The Morgan fingerprint density at radius 3 is 2.56 bits per heavy atom. The van der Waals surface area contributed by atoms with Crippen LogP contribution in [0.1, 0.15) is 43.7 Å². The third kappa shape index (κ3) is 1.53. The summed E-state index contributed by atoms with van der Waals surface area (Å²) in [6.07, 6.45) is 8.48. The second-order valence-electron chi connectivity index (χ2n) is 4.95. The minimum Gasteiger partial charge on any atom is -0.368 e. The number of hydrogen-bond acceptors (Lipinski definition) is 2. The van der Waals surface area contributed by atoms with E-state index in [0.29, 0.717) is 6.04 Å². The fourth-order valence-corrected chi connectivity index (χ4v) is 3.10. The molecule has 0 saturated heterocycles. The first-order valence-corrected chi connectivity index (χ1v) is 6.25. The van der Waals surface area contributed by atoms with E-state index in [4.69, 9.17) is 0 Å². The molecule has 1 unspecified atom stereocenters. The molecule has 1 aliphatic carbocycles. The summed E-state index contributed by atoms with van der Waals surface area (Å²) in [5, 5.41) is 3.53. The maximum absolute atomic E-state index is 4.65. The summed E-state index contributed by atoms with van der Waals surface area (Å²) >= 11 is 0. The summed E-state index contributed by atoms with van der Waals surface area (Å²) in [6.45, 7) is 0. The Morgan fingerprint density at radius 2 is 1.81 bits per heavy atom. The number of aliphatic imine (C=N–C) groups is 1. The molecule has 1 heterocycles. The normalized spacial score (nSPS) is 26.9. The van der Waals surface area contributed by atoms with Crippen molar-refractivity contribution < 1.29 is 0 Å². The van der Waals surface area contributed by atoms with Crippen LogP contribution in [0.2, 0.25) is 0 Å². The molecule has 2 nitrogen and oxygen atoms in total. The van der Waals surface area contributed by atoms with Gasteiger partial charge in [0.15, 0.2) is 0 Å². The van der Waals surface area contributed by atoms with E-state index in [9.17, 15) is 0 Å². The molecule has 1 N–H and O–H groups in total. The zero-order chi connectivity index (χ0) is 10.8. The molecule has 1 atom stereocenters. The highest BCUT2D eigenvalue weighted by Crippen LogP contribution is 2.42. The number of nitrogens with one attached hydrogen (secondary N) is 1. The lowest BCUT2D eigenvalue weighted by Gasteiger charge is -2.38. The first-order valence-electron chi connectivity index (χ1n) is 6.25. The Bertz CT molecular complexity index is 377. The predicted molar refractivity (Wildman–Crippen MR) is 66.6 cm³/mol. The van der Waals surface area contributed by atoms with Gasteiger partial charge >= 0.3 is 0 Å². The Labute approximate surface area is 96.8 Å². The molecule has 84 valence electrons. The van der Waals surface area contributed by atoms with Gasteiger partial charge in [0.05, 0.1) is 17.9 Å². The van der Waals surface area contributed by atoms with Crippen molar-refractivity contribution >= 4 is 6.34 Å². The molecule has 2 aliphatic rings. The molecule has 0 amide bonds. The topological polar surface area (TPSA) is 24.4 Å². The van der Waals surface area contributed by atoms with Crippen molar-refractivity contribution in [1.82, 2.24) is 5.32 Å². The zero-order valence-corrected chi connectivity index (χ0v) is 9.52. The summed E-state index contributed by atoms with van der Waals surface area (Å²) < 4.78 is 0. The lowest BCUT2D eigenvalue weighted by Crippen LogP contribution is -2.46. The number of hydrogen-bond donors (Lipinski definition) is 1. The first kappa shape index (κ1) is 9.88. The monoisotopic (exact) mass is 214 g/mol. The number of nitrogens with zero attached hydrogens (tertiary/aromatic N) is 1. The lowest BCUT2D eigenvalue weighted by molar-refractivity contribution is 0.240. The molecular weight excluding hydrogens is 196 g/mol. The van der Waals surface area contributed by atoms with Crippen molar-refractivity contribution in [3.8, 4) is 0 Å². The van der Waals surface area contributed by atoms with Gasteiger partial charge in [-0.05, 0) is 18.4 Å². The smallest absolute Gasteiger partial charge is 0.0996 e. The van der Waals surface area contributed by atoms with E-state index in [0.717, 1.165) is 0 Å². The average Bonchev–Trinajstić information content (AvgIpc) is 2.75. The fraction of sp³-hybridized carbons (Fsp3) is 0.500. The van der Waals surface area contributed by atoms with Gasteiger partial charge in [0.1, 0.15) is 0 Å². The largest absolute Gasteiger partial charge is 0.368 e. The Morgan fingerprint density at radius 1 is 1.06 bits per heavy atom. The minimum atomic E-state index is 0.222. The van der Waals surface area contributed by atoms with Gasteiger partial charge in [-0.25, -0.2) is 0 Å². The third-order valence-electron chi connectivity index (χ3n) is 3.96. The molecule has 3 rings (SSSR count). The summed E-state index contributed by atoms with van der Waals surface area (Å²) in [7, 11) is 0. The van der Waals surface area contributed by atoms with Crippen LogP contribution in [0.4, 0.5) is 0 Å². The third-order valence-corrected chi connectivity index (χ3v) is 3.96. The van der Waals surface area contributed by atoms with E-state index < -0.39 is 0 Å². The van der Waals surface area contributed by atoms with Gasteiger partial charge in [-0.1, -0.05) is 49.6 Å². The molecule has 0 radical (unpaired) electrons.